The van der Waals surface area contributed by atoms with E-state index in [-0.39, 0.29) is 6.42 Å². The van der Waals surface area contributed by atoms with Crippen LogP contribution in [0.2, 0.25) is 0 Å². The molecule has 1 aromatic rings. The van der Waals surface area contributed by atoms with Crippen molar-refractivity contribution in [2.75, 3.05) is 0 Å². The fourth-order valence-electron chi connectivity index (χ4n) is 1.91. The molecular formula is C11H14O2S. The molecule has 0 unspecified atom stereocenters. The monoisotopic (exact) mass is 210 g/mol. The van der Waals surface area contributed by atoms with Gasteiger partial charge in [0.2, 0.25) is 0 Å². The summed E-state index contributed by atoms with van der Waals surface area (Å²) in [6.45, 7) is 0. The van der Waals surface area contributed by atoms with Gasteiger partial charge in [0.1, 0.15) is 0 Å². The highest BCUT2D eigenvalue weighted by Gasteiger charge is 2.13. The highest BCUT2D eigenvalue weighted by molar-refractivity contribution is 7.12. The maximum Gasteiger partial charge on any atom is 0.303 e. The van der Waals surface area contributed by atoms with Gasteiger partial charge in [-0.15, -0.1) is 11.3 Å². The van der Waals surface area contributed by atoms with Crippen LogP contribution >= 0.6 is 11.3 Å². The molecule has 0 aromatic carbocycles. The first-order chi connectivity index (χ1) is 6.75. The molecule has 1 N–H and O–H groups in total. The van der Waals surface area contributed by atoms with Crippen LogP contribution in [0.3, 0.4) is 0 Å². The summed E-state index contributed by atoms with van der Waals surface area (Å²) in [4.78, 5) is 13.2. The number of carboxylic acid groups (broad SMARTS) is 1. The number of carbonyl (C=O) groups is 1. The maximum atomic E-state index is 10.4. The minimum Gasteiger partial charge on any atom is -0.481 e. The molecule has 3 heteroatoms. The molecule has 2 nitrogen and oxygen atoms in total. The summed E-state index contributed by atoms with van der Waals surface area (Å²) in [7, 11) is 0. The lowest BCUT2D eigenvalue weighted by molar-refractivity contribution is -0.136. The standard InChI is InChI=1S/C11H14O2S/c12-11(13)6-5-9-7-8-3-1-2-4-10(8)14-9/h7H,1-6H2,(H,12,13). The first kappa shape index (κ1) is 9.71. The molecule has 1 heterocycles. The average molecular weight is 210 g/mol. The van der Waals surface area contributed by atoms with Crippen LogP contribution in [-0.4, -0.2) is 11.1 Å². The lowest BCUT2D eigenvalue weighted by atomic mass is 9.99. The summed E-state index contributed by atoms with van der Waals surface area (Å²) in [5.41, 5.74) is 1.47. The van der Waals surface area contributed by atoms with Crippen molar-refractivity contribution in [1.29, 1.82) is 0 Å². The van der Waals surface area contributed by atoms with Crippen LogP contribution < -0.4 is 0 Å². The molecule has 14 heavy (non-hydrogen) atoms. The fourth-order valence-corrected chi connectivity index (χ4v) is 3.17. The SMILES string of the molecule is O=C(O)CCc1cc2c(s1)CCCC2. The summed E-state index contributed by atoms with van der Waals surface area (Å²) in [6.07, 6.45) is 5.95. The predicted octanol–water partition coefficient (Wildman–Crippen LogP) is 2.64. The Morgan fingerprint density at radius 1 is 1.43 bits per heavy atom. The zero-order valence-corrected chi connectivity index (χ0v) is 8.90. The predicted molar refractivity (Wildman–Crippen MR) is 56.9 cm³/mol. The van der Waals surface area contributed by atoms with Crippen molar-refractivity contribution in [2.24, 2.45) is 0 Å². The van der Waals surface area contributed by atoms with E-state index in [0.29, 0.717) is 6.42 Å². The number of thiophene rings is 1. The molecule has 0 bridgehead atoms. The Morgan fingerprint density at radius 2 is 2.21 bits per heavy atom. The lowest BCUT2D eigenvalue weighted by Crippen LogP contribution is -1.96. The van der Waals surface area contributed by atoms with Gasteiger partial charge in [-0.3, -0.25) is 4.79 Å². The zero-order chi connectivity index (χ0) is 9.97. The Labute approximate surface area is 87.6 Å². The zero-order valence-electron chi connectivity index (χ0n) is 8.08. The van der Waals surface area contributed by atoms with E-state index in [0.717, 1.165) is 0 Å². The van der Waals surface area contributed by atoms with Gasteiger partial charge in [0.05, 0.1) is 6.42 Å². The summed E-state index contributed by atoms with van der Waals surface area (Å²) in [6, 6.07) is 2.21. The van der Waals surface area contributed by atoms with Crippen molar-refractivity contribution in [1.82, 2.24) is 0 Å². The van der Waals surface area contributed by atoms with Gasteiger partial charge < -0.3 is 5.11 Å². The van der Waals surface area contributed by atoms with E-state index in [1.165, 1.54) is 41.0 Å². The van der Waals surface area contributed by atoms with Gasteiger partial charge in [-0.1, -0.05) is 0 Å². The molecule has 0 amide bonds. The molecule has 76 valence electrons. The Morgan fingerprint density at radius 3 is 2.93 bits per heavy atom. The van der Waals surface area contributed by atoms with Gasteiger partial charge in [-0.25, -0.2) is 0 Å². The van der Waals surface area contributed by atoms with Crippen LogP contribution in [0.25, 0.3) is 0 Å². The van der Waals surface area contributed by atoms with E-state index in [4.69, 9.17) is 5.11 Å². The summed E-state index contributed by atoms with van der Waals surface area (Å²) in [5, 5.41) is 8.58. The molecule has 0 aliphatic heterocycles. The van der Waals surface area contributed by atoms with Crippen molar-refractivity contribution in [3.8, 4) is 0 Å². The van der Waals surface area contributed by atoms with Crippen molar-refractivity contribution in [3.05, 3.63) is 21.4 Å². The van der Waals surface area contributed by atoms with Gasteiger partial charge in [-0.05, 0) is 43.7 Å². The molecule has 2 rings (SSSR count). The third kappa shape index (κ3) is 2.15. The van der Waals surface area contributed by atoms with Crippen LogP contribution in [0.15, 0.2) is 6.07 Å². The minimum absolute atomic E-state index is 0.263. The number of rotatable bonds is 3. The Kier molecular flexibility index (Phi) is 2.87. The number of fused-ring (bicyclic) bond motifs is 1. The lowest BCUT2D eigenvalue weighted by Gasteiger charge is -2.08. The van der Waals surface area contributed by atoms with E-state index < -0.39 is 5.97 Å². The quantitative estimate of drug-likeness (QED) is 0.832. The summed E-state index contributed by atoms with van der Waals surface area (Å²) < 4.78 is 0. The third-order valence-corrected chi connectivity index (χ3v) is 3.93. The smallest absolute Gasteiger partial charge is 0.303 e. The largest absolute Gasteiger partial charge is 0.481 e. The first-order valence-corrected chi connectivity index (χ1v) is 5.89. The number of aliphatic carboxylic acids is 1. The third-order valence-electron chi connectivity index (χ3n) is 2.63. The Hall–Kier alpha value is -0.830. The van der Waals surface area contributed by atoms with Gasteiger partial charge in [0, 0.05) is 9.75 Å². The van der Waals surface area contributed by atoms with Crippen molar-refractivity contribution >= 4 is 17.3 Å². The van der Waals surface area contributed by atoms with Crippen molar-refractivity contribution in [3.63, 3.8) is 0 Å². The second-order valence-electron chi connectivity index (χ2n) is 3.76. The van der Waals surface area contributed by atoms with E-state index in [1.54, 1.807) is 0 Å². The number of aryl methyl sites for hydroxylation is 3. The summed E-state index contributed by atoms with van der Waals surface area (Å²) in [5.74, 6) is -0.698. The van der Waals surface area contributed by atoms with Crippen LogP contribution in [0.5, 0.6) is 0 Å². The second kappa shape index (κ2) is 4.13. The Balaban J connectivity index is 2.04. The molecule has 1 aliphatic rings. The molecule has 0 spiro atoms. The van der Waals surface area contributed by atoms with Gasteiger partial charge in [0.25, 0.3) is 0 Å². The summed E-state index contributed by atoms with van der Waals surface area (Å²) >= 11 is 1.81. The van der Waals surface area contributed by atoms with Crippen LogP contribution in [0.1, 0.15) is 34.6 Å². The first-order valence-electron chi connectivity index (χ1n) is 5.08. The van der Waals surface area contributed by atoms with Gasteiger partial charge in [0.15, 0.2) is 0 Å². The van der Waals surface area contributed by atoms with Gasteiger partial charge in [-0.2, -0.15) is 0 Å². The molecule has 1 aromatic heterocycles. The van der Waals surface area contributed by atoms with Crippen LogP contribution in [0, 0.1) is 0 Å². The number of carboxylic acids is 1. The molecule has 0 saturated carbocycles. The normalized spacial score (nSPS) is 15.1. The van der Waals surface area contributed by atoms with E-state index >= 15 is 0 Å². The molecule has 0 atom stereocenters. The molecule has 0 saturated heterocycles. The Bertz CT molecular complexity index is 318. The second-order valence-corrected chi connectivity index (χ2v) is 4.98. The van der Waals surface area contributed by atoms with E-state index in [9.17, 15) is 4.79 Å². The number of hydrogen-bond donors (Lipinski definition) is 1. The van der Waals surface area contributed by atoms with Crippen LogP contribution in [-0.2, 0) is 24.1 Å². The van der Waals surface area contributed by atoms with E-state index in [1.807, 2.05) is 11.3 Å². The molecule has 1 aliphatic carbocycles. The van der Waals surface area contributed by atoms with Crippen molar-refractivity contribution in [2.45, 2.75) is 38.5 Å². The maximum absolute atomic E-state index is 10.4. The van der Waals surface area contributed by atoms with Crippen molar-refractivity contribution < 1.29 is 9.90 Å². The average Bonchev–Trinajstić information content (AvgIpc) is 2.57. The molecule has 0 fully saturated rings. The number of hydrogen-bond acceptors (Lipinski definition) is 2. The topological polar surface area (TPSA) is 37.3 Å². The molecule has 0 radical (unpaired) electrons. The minimum atomic E-state index is -0.698. The highest BCUT2D eigenvalue weighted by Crippen LogP contribution is 2.30. The van der Waals surface area contributed by atoms with Gasteiger partial charge >= 0.3 is 5.97 Å². The van der Waals surface area contributed by atoms with Crippen LogP contribution in [0.4, 0.5) is 0 Å². The fraction of sp³-hybridized carbons (Fsp3) is 0.545. The highest BCUT2D eigenvalue weighted by atomic mass is 32.1. The molecular weight excluding hydrogens is 196 g/mol. The van der Waals surface area contributed by atoms with E-state index in [2.05, 4.69) is 6.07 Å².